The minimum Gasteiger partial charge on any atom is -0.0990 e. The molecule has 0 fully saturated rings. The Balaban J connectivity index is 3.69. The molecule has 0 saturated carbocycles. The maximum Gasteiger partial charge on any atom is -0.0156 e. The highest BCUT2D eigenvalue weighted by Crippen LogP contribution is 1.90. The van der Waals surface area contributed by atoms with Gasteiger partial charge in [-0.2, -0.15) is 0 Å². The van der Waals surface area contributed by atoms with E-state index in [1.807, 2.05) is 19.9 Å². The average molecular weight is 107 g/mol. The normalized spacial score (nSPS) is 12.5. The summed E-state index contributed by atoms with van der Waals surface area (Å²) in [7, 11) is 0. The van der Waals surface area contributed by atoms with E-state index in [4.69, 9.17) is 0 Å². The Labute approximate surface area is 51.2 Å². The lowest BCUT2D eigenvalue weighted by Crippen LogP contribution is -1.62. The lowest BCUT2D eigenvalue weighted by Gasteiger charge is -1.80. The van der Waals surface area contributed by atoms with Crippen LogP contribution in [0, 0.1) is 6.08 Å². The fraction of sp³-hybridized carbons (Fsp3) is 0.250. The van der Waals surface area contributed by atoms with E-state index in [0.29, 0.717) is 0 Å². The summed E-state index contributed by atoms with van der Waals surface area (Å²) in [5, 5.41) is 0. The molecular weight excluding hydrogens is 96.1 g/mol. The first kappa shape index (κ1) is 7.22. The summed E-state index contributed by atoms with van der Waals surface area (Å²) >= 11 is 0. The van der Waals surface area contributed by atoms with E-state index in [2.05, 4.69) is 12.7 Å². The van der Waals surface area contributed by atoms with Crippen molar-refractivity contribution in [2.45, 2.75) is 13.8 Å². The predicted molar refractivity (Wildman–Crippen MR) is 37.4 cm³/mol. The molecule has 0 aromatic heterocycles. The van der Waals surface area contributed by atoms with Gasteiger partial charge in [0, 0.05) is 0 Å². The molecule has 0 aromatic rings. The topological polar surface area (TPSA) is 0 Å². The molecule has 0 aliphatic heterocycles. The minimum atomic E-state index is 1.14. The Hall–Kier alpha value is -0.780. The van der Waals surface area contributed by atoms with Crippen LogP contribution in [0.5, 0.6) is 0 Å². The molecule has 0 saturated heterocycles. The maximum atomic E-state index is 3.52. The Kier molecular flexibility index (Phi) is 3.95. The zero-order valence-corrected chi connectivity index (χ0v) is 5.44. The lowest BCUT2D eigenvalue weighted by molar-refractivity contribution is 1.44. The summed E-state index contributed by atoms with van der Waals surface area (Å²) in [4.78, 5) is 0. The first-order chi connectivity index (χ1) is 3.81. The third-order valence-corrected chi connectivity index (χ3v) is 0.862. The van der Waals surface area contributed by atoms with Gasteiger partial charge in [-0.25, -0.2) is 0 Å². The van der Waals surface area contributed by atoms with Crippen LogP contribution in [0.1, 0.15) is 13.8 Å². The molecule has 0 unspecified atom stereocenters. The Morgan fingerprint density at radius 1 is 1.62 bits per heavy atom. The molecular formula is C8H11. The van der Waals surface area contributed by atoms with Gasteiger partial charge in [-0.15, -0.1) is 0 Å². The Morgan fingerprint density at radius 3 is 2.62 bits per heavy atom. The van der Waals surface area contributed by atoms with E-state index in [1.54, 1.807) is 12.2 Å². The minimum absolute atomic E-state index is 1.14. The molecule has 0 N–H and O–H groups in total. The third-order valence-electron chi connectivity index (χ3n) is 0.862. The smallest absolute Gasteiger partial charge is 0.0156 e. The molecule has 0 aliphatic rings. The van der Waals surface area contributed by atoms with Crippen LogP contribution in [0.25, 0.3) is 0 Å². The highest BCUT2D eigenvalue weighted by molar-refractivity contribution is 5.11. The Bertz CT molecular complexity index is 116. The van der Waals surface area contributed by atoms with Crippen molar-refractivity contribution in [3.05, 3.63) is 36.5 Å². The van der Waals surface area contributed by atoms with Gasteiger partial charge >= 0.3 is 0 Å². The van der Waals surface area contributed by atoms with Crippen molar-refractivity contribution in [2.75, 3.05) is 0 Å². The second kappa shape index (κ2) is 4.38. The second-order valence-corrected chi connectivity index (χ2v) is 1.52. The molecule has 0 aromatic carbocycles. The van der Waals surface area contributed by atoms with E-state index >= 15 is 0 Å². The van der Waals surface area contributed by atoms with Crippen LogP contribution in [0.3, 0.4) is 0 Å². The van der Waals surface area contributed by atoms with Crippen molar-refractivity contribution in [1.82, 2.24) is 0 Å². The second-order valence-electron chi connectivity index (χ2n) is 1.52. The van der Waals surface area contributed by atoms with E-state index in [-0.39, 0.29) is 0 Å². The van der Waals surface area contributed by atoms with Gasteiger partial charge in [-0.1, -0.05) is 24.8 Å². The Morgan fingerprint density at radius 2 is 2.25 bits per heavy atom. The van der Waals surface area contributed by atoms with E-state index in [1.165, 1.54) is 0 Å². The maximum absolute atomic E-state index is 3.52. The third kappa shape index (κ3) is 3.41. The van der Waals surface area contributed by atoms with E-state index in [9.17, 15) is 0 Å². The van der Waals surface area contributed by atoms with Crippen LogP contribution in [-0.4, -0.2) is 0 Å². The molecule has 0 bridgehead atoms. The van der Waals surface area contributed by atoms with Crippen LogP contribution >= 0.6 is 0 Å². The van der Waals surface area contributed by atoms with Gasteiger partial charge in [0.15, 0.2) is 0 Å². The number of hydrogen-bond acceptors (Lipinski definition) is 0. The largest absolute Gasteiger partial charge is 0.0990 e. The van der Waals surface area contributed by atoms with Crippen LogP contribution in [0.15, 0.2) is 30.4 Å². The molecule has 0 heteroatoms. The zero-order chi connectivity index (χ0) is 6.41. The summed E-state index contributed by atoms with van der Waals surface area (Å²) < 4.78 is 0. The molecule has 0 nitrogen and oxygen atoms in total. The summed E-state index contributed by atoms with van der Waals surface area (Å²) in [6, 6.07) is 0. The van der Waals surface area contributed by atoms with Crippen LogP contribution in [0.2, 0.25) is 0 Å². The van der Waals surface area contributed by atoms with Crippen LogP contribution < -0.4 is 0 Å². The molecule has 0 spiro atoms. The molecule has 0 rings (SSSR count). The quantitative estimate of drug-likeness (QED) is 0.475. The molecule has 0 aliphatic carbocycles. The predicted octanol–water partition coefficient (Wildman–Crippen LogP) is 2.50. The first-order valence-corrected chi connectivity index (χ1v) is 2.65. The van der Waals surface area contributed by atoms with Gasteiger partial charge in [-0.3, -0.25) is 0 Å². The van der Waals surface area contributed by atoms with Crippen molar-refractivity contribution in [1.29, 1.82) is 0 Å². The van der Waals surface area contributed by atoms with Crippen molar-refractivity contribution in [3.8, 4) is 0 Å². The van der Waals surface area contributed by atoms with Gasteiger partial charge in [0.2, 0.25) is 0 Å². The molecule has 8 heavy (non-hydrogen) atoms. The van der Waals surface area contributed by atoms with Crippen LogP contribution in [0.4, 0.5) is 0 Å². The molecule has 0 amide bonds. The monoisotopic (exact) mass is 107 g/mol. The molecule has 0 atom stereocenters. The first-order valence-electron chi connectivity index (χ1n) is 2.65. The standard InChI is InChI=1S/C8H11/c1-4-6-7-8(3)5-2/h4-6H,1H2,2-3H3. The summed E-state index contributed by atoms with van der Waals surface area (Å²) in [6.45, 7) is 7.51. The number of hydrogen-bond donors (Lipinski definition) is 0. The highest BCUT2D eigenvalue weighted by atomic mass is 13.8. The van der Waals surface area contributed by atoms with Gasteiger partial charge in [-0.05, 0) is 25.5 Å². The van der Waals surface area contributed by atoms with Crippen molar-refractivity contribution in [3.63, 3.8) is 0 Å². The van der Waals surface area contributed by atoms with E-state index < -0.39 is 0 Å². The van der Waals surface area contributed by atoms with Crippen molar-refractivity contribution in [2.24, 2.45) is 0 Å². The van der Waals surface area contributed by atoms with Crippen molar-refractivity contribution < 1.29 is 0 Å². The molecule has 43 valence electrons. The van der Waals surface area contributed by atoms with Gasteiger partial charge < -0.3 is 0 Å². The van der Waals surface area contributed by atoms with E-state index in [0.717, 1.165) is 5.57 Å². The average Bonchev–Trinajstić information content (AvgIpc) is 1.83. The highest BCUT2D eigenvalue weighted by Gasteiger charge is 1.72. The fourth-order valence-electron chi connectivity index (χ4n) is 0.274. The van der Waals surface area contributed by atoms with Crippen molar-refractivity contribution >= 4 is 0 Å². The fourth-order valence-corrected chi connectivity index (χ4v) is 0.274. The van der Waals surface area contributed by atoms with Gasteiger partial charge in [0.1, 0.15) is 0 Å². The molecule has 1 radical (unpaired) electrons. The van der Waals surface area contributed by atoms with Crippen LogP contribution in [-0.2, 0) is 0 Å². The number of rotatable bonds is 2. The summed E-state index contributed by atoms with van der Waals surface area (Å²) in [5.74, 6) is 0. The molecule has 0 heterocycles. The number of allylic oxidation sites excluding steroid dienone is 5. The summed E-state index contributed by atoms with van der Waals surface area (Å²) in [5.41, 5.74) is 1.14. The SMILES string of the molecule is C=C/C=[C]/C(C)=CC. The van der Waals surface area contributed by atoms with Gasteiger partial charge in [0.05, 0.1) is 0 Å². The summed E-state index contributed by atoms with van der Waals surface area (Å²) in [6.07, 6.45) is 8.52. The lowest BCUT2D eigenvalue weighted by atomic mass is 10.3. The zero-order valence-electron chi connectivity index (χ0n) is 5.44. The van der Waals surface area contributed by atoms with Gasteiger partial charge in [0.25, 0.3) is 0 Å².